The van der Waals surface area contributed by atoms with Crippen molar-refractivity contribution < 1.29 is 0 Å². The average Bonchev–Trinajstić information content (AvgIpc) is 2.90. The van der Waals surface area contributed by atoms with E-state index in [1.807, 2.05) is 12.1 Å². The second-order valence-electron chi connectivity index (χ2n) is 4.24. The molecule has 2 N–H and O–H groups in total. The Bertz CT molecular complexity index is 818. The lowest BCUT2D eigenvalue weighted by molar-refractivity contribution is 0.791. The average molecular weight is 385 g/mol. The van der Waals surface area contributed by atoms with Gasteiger partial charge >= 0.3 is 0 Å². The zero-order valence-electron chi connectivity index (χ0n) is 10.5. The van der Waals surface area contributed by atoms with Crippen molar-refractivity contribution in [2.75, 3.05) is 5.73 Å². The summed E-state index contributed by atoms with van der Waals surface area (Å²) in [4.78, 5) is 0. The highest BCUT2D eigenvalue weighted by Crippen LogP contribution is 2.31. The number of hydrogen-bond donors (Lipinski definition) is 1. The number of nitrogen functional groups attached to an aromatic ring is 1. The minimum atomic E-state index is 0.472. The Labute approximate surface area is 138 Å². The Balaban J connectivity index is 2.19. The summed E-state index contributed by atoms with van der Waals surface area (Å²) >= 11 is 15.6. The molecule has 106 valence electrons. The van der Waals surface area contributed by atoms with Crippen LogP contribution >= 0.6 is 39.1 Å². The fourth-order valence-corrected chi connectivity index (χ4v) is 2.82. The molecule has 0 amide bonds. The number of nitrogens with zero attached hydrogens (tertiary/aromatic N) is 4. The summed E-state index contributed by atoms with van der Waals surface area (Å²) in [5.41, 5.74) is 7.81. The van der Waals surface area contributed by atoms with E-state index in [1.165, 1.54) is 4.68 Å². The third kappa shape index (κ3) is 2.74. The molecule has 0 bridgehead atoms. The number of tetrazole rings is 1. The molecule has 8 heteroatoms. The van der Waals surface area contributed by atoms with Gasteiger partial charge in [-0.15, -0.1) is 5.10 Å². The molecule has 3 aromatic rings. The number of nitrogens with two attached hydrogens (primary N) is 1. The molecule has 1 aromatic heterocycles. The number of rotatable bonds is 2. The predicted octanol–water partition coefficient (Wildman–Crippen LogP) is 3.98. The van der Waals surface area contributed by atoms with Crippen molar-refractivity contribution in [2.24, 2.45) is 0 Å². The Kier molecular flexibility index (Phi) is 3.84. The van der Waals surface area contributed by atoms with Crippen molar-refractivity contribution in [2.45, 2.75) is 0 Å². The van der Waals surface area contributed by atoms with E-state index in [0.717, 1.165) is 4.47 Å². The molecule has 0 fully saturated rings. The highest BCUT2D eigenvalue weighted by atomic mass is 79.9. The molecule has 1 heterocycles. The lowest BCUT2D eigenvalue weighted by atomic mass is 10.1. The van der Waals surface area contributed by atoms with Gasteiger partial charge in [0.25, 0.3) is 0 Å². The normalized spacial score (nSPS) is 10.8. The van der Waals surface area contributed by atoms with Crippen LogP contribution < -0.4 is 5.73 Å². The van der Waals surface area contributed by atoms with E-state index >= 15 is 0 Å². The van der Waals surface area contributed by atoms with Crippen molar-refractivity contribution in [3.05, 3.63) is 50.9 Å². The first-order valence-corrected chi connectivity index (χ1v) is 7.40. The van der Waals surface area contributed by atoms with Gasteiger partial charge in [0, 0.05) is 20.7 Å². The summed E-state index contributed by atoms with van der Waals surface area (Å²) in [6.07, 6.45) is 0. The molecule has 0 aliphatic rings. The van der Waals surface area contributed by atoms with Gasteiger partial charge in [0.05, 0.1) is 10.7 Å². The molecule has 21 heavy (non-hydrogen) atoms. The largest absolute Gasteiger partial charge is 0.398 e. The first-order chi connectivity index (χ1) is 10.1. The molecule has 0 radical (unpaired) electrons. The fraction of sp³-hybridized carbons (Fsp3) is 0. The standard InChI is InChI=1S/C13H8BrCl2N5/c14-7-1-4-12(10(16)5-7)21-13(18-19-20-21)9-6-8(15)2-3-11(9)17/h1-6H,17H2. The molecule has 0 spiro atoms. The van der Waals surface area contributed by atoms with Crippen LogP contribution in [0.1, 0.15) is 0 Å². The van der Waals surface area contributed by atoms with E-state index in [0.29, 0.717) is 32.8 Å². The van der Waals surface area contributed by atoms with Gasteiger partial charge in [0.15, 0.2) is 5.82 Å². The molecule has 2 aromatic carbocycles. The first-order valence-electron chi connectivity index (χ1n) is 5.85. The van der Waals surface area contributed by atoms with E-state index in [-0.39, 0.29) is 0 Å². The van der Waals surface area contributed by atoms with Crippen molar-refractivity contribution in [3.63, 3.8) is 0 Å². The van der Waals surface area contributed by atoms with E-state index in [2.05, 4.69) is 31.5 Å². The summed E-state index contributed by atoms with van der Waals surface area (Å²) in [6.45, 7) is 0. The van der Waals surface area contributed by atoms with Gasteiger partial charge in [0.2, 0.25) is 0 Å². The molecule has 0 aliphatic carbocycles. The third-order valence-corrected chi connectivity index (χ3v) is 3.89. The summed E-state index contributed by atoms with van der Waals surface area (Å²) in [5.74, 6) is 0.472. The van der Waals surface area contributed by atoms with E-state index in [4.69, 9.17) is 28.9 Å². The first kappa shape index (κ1) is 14.3. The Morgan fingerprint density at radius 2 is 1.90 bits per heavy atom. The van der Waals surface area contributed by atoms with Gasteiger partial charge in [-0.25, -0.2) is 0 Å². The minimum Gasteiger partial charge on any atom is -0.398 e. The van der Waals surface area contributed by atoms with Gasteiger partial charge in [-0.3, -0.25) is 0 Å². The molecular formula is C13H8BrCl2N5. The van der Waals surface area contributed by atoms with Crippen LogP contribution in [0.2, 0.25) is 10.0 Å². The zero-order chi connectivity index (χ0) is 15.0. The maximum atomic E-state index is 6.25. The minimum absolute atomic E-state index is 0.472. The third-order valence-electron chi connectivity index (χ3n) is 2.86. The molecule has 5 nitrogen and oxygen atoms in total. The lowest BCUT2D eigenvalue weighted by Gasteiger charge is -2.09. The molecule has 0 saturated heterocycles. The van der Waals surface area contributed by atoms with Gasteiger partial charge in [-0.05, 0) is 46.8 Å². The maximum Gasteiger partial charge on any atom is 0.189 e. The van der Waals surface area contributed by atoms with E-state index < -0.39 is 0 Å². The van der Waals surface area contributed by atoms with Crippen LogP contribution in [0, 0.1) is 0 Å². The van der Waals surface area contributed by atoms with Crippen LogP contribution in [-0.2, 0) is 0 Å². The molecule has 0 saturated carbocycles. The predicted molar refractivity (Wildman–Crippen MR) is 86.7 cm³/mol. The smallest absolute Gasteiger partial charge is 0.189 e. The summed E-state index contributed by atoms with van der Waals surface area (Å²) < 4.78 is 2.39. The second kappa shape index (κ2) is 5.63. The molecule has 3 rings (SSSR count). The quantitative estimate of drug-likeness (QED) is 0.678. The summed E-state index contributed by atoms with van der Waals surface area (Å²) in [5, 5.41) is 12.8. The van der Waals surface area contributed by atoms with Crippen LogP contribution in [0.5, 0.6) is 0 Å². The highest BCUT2D eigenvalue weighted by molar-refractivity contribution is 9.10. The molecule has 0 atom stereocenters. The Hall–Kier alpha value is -1.63. The van der Waals surface area contributed by atoms with Crippen LogP contribution in [0.4, 0.5) is 5.69 Å². The Morgan fingerprint density at radius 1 is 1.10 bits per heavy atom. The van der Waals surface area contributed by atoms with Crippen molar-refractivity contribution in [1.29, 1.82) is 0 Å². The van der Waals surface area contributed by atoms with Gasteiger partial charge in [0.1, 0.15) is 0 Å². The number of benzene rings is 2. The lowest BCUT2D eigenvalue weighted by Crippen LogP contribution is -2.02. The maximum absolute atomic E-state index is 6.25. The summed E-state index contributed by atoms with van der Waals surface area (Å²) in [6, 6.07) is 10.6. The highest BCUT2D eigenvalue weighted by Gasteiger charge is 2.16. The number of anilines is 1. The Morgan fingerprint density at radius 3 is 2.67 bits per heavy atom. The second-order valence-corrected chi connectivity index (χ2v) is 6.00. The van der Waals surface area contributed by atoms with Crippen molar-refractivity contribution in [3.8, 4) is 17.1 Å². The number of halogens is 3. The number of aromatic nitrogens is 4. The topological polar surface area (TPSA) is 69.6 Å². The van der Waals surface area contributed by atoms with Gasteiger partial charge < -0.3 is 5.73 Å². The van der Waals surface area contributed by atoms with Crippen LogP contribution in [0.3, 0.4) is 0 Å². The zero-order valence-corrected chi connectivity index (χ0v) is 13.6. The molecule has 0 aliphatic heterocycles. The van der Waals surface area contributed by atoms with Gasteiger partial charge in [-0.1, -0.05) is 39.1 Å². The van der Waals surface area contributed by atoms with Gasteiger partial charge in [-0.2, -0.15) is 4.68 Å². The number of hydrogen-bond acceptors (Lipinski definition) is 4. The molecular weight excluding hydrogens is 377 g/mol. The molecule has 0 unspecified atom stereocenters. The fourth-order valence-electron chi connectivity index (χ4n) is 1.89. The SMILES string of the molecule is Nc1ccc(Cl)cc1-c1nnnn1-c1ccc(Br)cc1Cl. The van der Waals surface area contributed by atoms with Crippen molar-refractivity contribution in [1.82, 2.24) is 20.2 Å². The van der Waals surface area contributed by atoms with Crippen LogP contribution in [-0.4, -0.2) is 20.2 Å². The van der Waals surface area contributed by atoms with E-state index in [1.54, 1.807) is 24.3 Å². The van der Waals surface area contributed by atoms with Crippen molar-refractivity contribution >= 4 is 44.8 Å². The monoisotopic (exact) mass is 383 g/mol. The summed E-state index contributed by atoms with van der Waals surface area (Å²) in [7, 11) is 0. The van der Waals surface area contributed by atoms with Crippen LogP contribution in [0.15, 0.2) is 40.9 Å². The van der Waals surface area contributed by atoms with Crippen LogP contribution in [0.25, 0.3) is 17.1 Å². The van der Waals surface area contributed by atoms with E-state index in [9.17, 15) is 0 Å².